The van der Waals surface area contributed by atoms with Crippen LogP contribution in [0.3, 0.4) is 0 Å². The van der Waals surface area contributed by atoms with Gasteiger partial charge in [-0.25, -0.2) is 13.4 Å². The van der Waals surface area contributed by atoms with Crippen molar-refractivity contribution in [2.75, 3.05) is 6.61 Å². The molecule has 2 aromatic heterocycles. The lowest BCUT2D eigenvalue weighted by Gasteiger charge is -2.19. The number of rotatable bonds is 11. The molecule has 1 N–H and O–H groups in total. The summed E-state index contributed by atoms with van der Waals surface area (Å²) in [5.74, 6) is 0.450. The van der Waals surface area contributed by atoms with Gasteiger partial charge < -0.3 is 9.30 Å². The van der Waals surface area contributed by atoms with Gasteiger partial charge in [-0.1, -0.05) is 39.3 Å². The summed E-state index contributed by atoms with van der Waals surface area (Å²) < 4.78 is 35.8. The zero-order valence-electron chi connectivity index (χ0n) is 19.6. The summed E-state index contributed by atoms with van der Waals surface area (Å²) in [6, 6.07) is 7.66. The Kier molecular flexibility index (Phi) is 8.20. The van der Waals surface area contributed by atoms with Crippen molar-refractivity contribution in [2.24, 2.45) is 5.92 Å². The topological polar surface area (TPSA) is 103 Å². The summed E-state index contributed by atoms with van der Waals surface area (Å²) >= 11 is 0. The average molecular weight is 473 g/mol. The van der Waals surface area contributed by atoms with Crippen LogP contribution in [0.2, 0.25) is 0 Å². The lowest BCUT2D eigenvalue weighted by atomic mass is 10.1. The Morgan fingerprint density at radius 1 is 1.18 bits per heavy atom. The number of carbonyl (C=O) groups is 1. The highest BCUT2D eigenvalue weighted by Crippen LogP contribution is 2.19. The van der Waals surface area contributed by atoms with Gasteiger partial charge in [0.25, 0.3) is 0 Å². The number of unbranched alkanes of at least 4 members (excludes halogenated alkanes) is 1. The first kappa shape index (κ1) is 24.9. The first-order valence-electron chi connectivity index (χ1n) is 11.3. The number of ether oxygens (including phenoxy) is 1. The van der Waals surface area contributed by atoms with E-state index in [1.807, 2.05) is 33.8 Å². The molecule has 2 heterocycles. The van der Waals surface area contributed by atoms with Gasteiger partial charge in [0.2, 0.25) is 10.0 Å². The van der Waals surface area contributed by atoms with E-state index in [1.54, 1.807) is 36.7 Å². The number of sulfonamides is 1. The summed E-state index contributed by atoms with van der Waals surface area (Å²) in [6.07, 6.45) is 5.45. The molecule has 0 spiro atoms. The molecule has 0 aliphatic carbocycles. The molecule has 3 rings (SSSR count). The zero-order valence-corrected chi connectivity index (χ0v) is 20.4. The number of pyridine rings is 1. The van der Waals surface area contributed by atoms with Gasteiger partial charge in [-0.05, 0) is 49.4 Å². The van der Waals surface area contributed by atoms with E-state index in [9.17, 15) is 13.2 Å². The molecule has 0 saturated carbocycles. The number of benzene rings is 1. The third-order valence-electron chi connectivity index (χ3n) is 5.35. The molecule has 0 saturated heterocycles. The molecule has 8 nitrogen and oxygen atoms in total. The van der Waals surface area contributed by atoms with Crippen molar-refractivity contribution in [2.45, 2.75) is 64.4 Å². The smallest absolute Gasteiger partial charge is 0.324 e. The summed E-state index contributed by atoms with van der Waals surface area (Å²) in [7, 11) is -3.88. The molecule has 0 radical (unpaired) electrons. The largest absolute Gasteiger partial charge is 0.465 e. The first-order chi connectivity index (χ1) is 15.7. The van der Waals surface area contributed by atoms with Crippen LogP contribution in [0.1, 0.15) is 51.4 Å². The van der Waals surface area contributed by atoms with E-state index in [2.05, 4.69) is 19.3 Å². The lowest BCUT2D eigenvalue weighted by Crippen LogP contribution is -2.42. The summed E-state index contributed by atoms with van der Waals surface area (Å²) in [4.78, 5) is 21.2. The van der Waals surface area contributed by atoms with E-state index in [-0.39, 0.29) is 10.8 Å². The normalized spacial score (nSPS) is 12.9. The van der Waals surface area contributed by atoms with Gasteiger partial charge in [-0.3, -0.25) is 9.78 Å². The van der Waals surface area contributed by atoms with Gasteiger partial charge in [-0.2, -0.15) is 4.72 Å². The van der Waals surface area contributed by atoms with E-state index in [1.165, 1.54) is 0 Å². The molecule has 0 amide bonds. The SMILES string of the molecule is CCCCOC(=O)[C@H](CC(C)C)NS(=O)(=O)c1ccc(Cn2c(C)nc3cnccc32)cc1. The Balaban J connectivity index is 1.74. The highest BCUT2D eigenvalue weighted by Gasteiger charge is 2.27. The molecule has 9 heteroatoms. The van der Waals surface area contributed by atoms with Crippen molar-refractivity contribution < 1.29 is 17.9 Å². The number of aryl methyl sites for hydroxylation is 1. The van der Waals surface area contributed by atoms with Gasteiger partial charge >= 0.3 is 5.97 Å². The number of nitrogens with zero attached hydrogens (tertiary/aromatic N) is 3. The Morgan fingerprint density at radius 2 is 1.91 bits per heavy atom. The number of aromatic nitrogens is 3. The number of carbonyl (C=O) groups excluding carboxylic acids is 1. The number of esters is 1. The lowest BCUT2D eigenvalue weighted by molar-refractivity contribution is -0.146. The second-order valence-corrected chi connectivity index (χ2v) is 10.3. The van der Waals surface area contributed by atoms with E-state index < -0.39 is 22.0 Å². The maximum absolute atomic E-state index is 13.0. The van der Waals surface area contributed by atoms with Crippen molar-refractivity contribution >= 4 is 27.0 Å². The predicted molar refractivity (Wildman–Crippen MR) is 127 cm³/mol. The number of imidazole rings is 1. The molecule has 0 aliphatic heterocycles. The van der Waals surface area contributed by atoms with Crippen LogP contribution in [0.25, 0.3) is 11.0 Å². The number of nitrogens with one attached hydrogen (secondary N) is 1. The molecular weight excluding hydrogens is 440 g/mol. The number of fused-ring (bicyclic) bond motifs is 1. The fraction of sp³-hybridized carbons (Fsp3) is 0.458. The van der Waals surface area contributed by atoms with Crippen molar-refractivity contribution in [1.29, 1.82) is 0 Å². The van der Waals surface area contributed by atoms with Crippen LogP contribution in [0.4, 0.5) is 0 Å². The molecule has 0 fully saturated rings. The Bertz CT molecular complexity index is 1190. The van der Waals surface area contributed by atoms with Crippen molar-refractivity contribution in [3.63, 3.8) is 0 Å². The quantitative estimate of drug-likeness (QED) is 0.336. The minimum Gasteiger partial charge on any atom is -0.465 e. The zero-order chi connectivity index (χ0) is 24.0. The molecule has 0 bridgehead atoms. The van der Waals surface area contributed by atoms with Gasteiger partial charge in [0.1, 0.15) is 17.4 Å². The van der Waals surface area contributed by atoms with E-state index >= 15 is 0 Å². The maximum Gasteiger partial charge on any atom is 0.324 e. The summed E-state index contributed by atoms with van der Waals surface area (Å²) in [6.45, 7) is 8.65. The van der Waals surface area contributed by atoms with Gasteiger partial charge in [0.15, 0.2) is 0 Å². The van der Waals surface area contributed by atoms with Crippen LogP contribution >= 0.6 is 0 Å². The average Bonchev–Trinajstić information content (AvgIpc) is 3.08. The molecule has 1 aromatic carbocycles. The molecule has 0 unspecified atom stereocenters. The van der Waals surface area contributed by atoms with Crippen LogP contribution in [0.15, 0.2) is 47.6 Å². The Morgan fingerprint density at radius 3 is 2.58 bits per heavy atom. The van der Waals surface area contributed by atoms with Gasteiger partial charge in [0.05, 0.1) is 23.2 Å². The summed E-state index contributed by atoms with van der Waals surface area (Å²) in [5.41, 5.74) is 2.73. The second-order valence-electron chi connectivity index (χ2n) is 8.58. The highest BCUT2D eigenvalue weighted by molar-refractivity contribution is 7.89. The molecule has 33 heavy (non-hydrogen) atoms. The van der Waals surface area contributed by atoms with Gasteiger partial charge in [-0.15, -0.1) is 0 Å². The Labute approximate surface area is 195 Å². The standard InChI is InChI=1S/C24H32N4O4S/c1-5-6-13-32-24(29)21(14-17(2)3)27-33(30,31)20-9-7-19(8-10-20)16-28-18(4)26-22-15-25-12-11-23(22)28/h7-12,15,17,21,27H,5-6,13-14,16H2,1-4H3/t21-/m0/s1. The predicted octanol–water partition coefficient (Wildman–Crippen LogP) is 3.82. The van der Waals surface area contributed by atoms with Crippen molar-refractivity contribution in [3.05, 3.63) is 54.1 Å². The molecule has 1 atom stereocenters. The molecule has 3 aromatic rings. The second kappa shape index (κ2) is 10.9. The fourth-order valence-electron chi connectivity index (χ4n) is 3.60. The molecule has 178 valence electrons. The van der Waals surface area contributed by atoms with Crippen molar-refractivity contribution in [1.82, 2.24) is 19.3 Å². The van der Waals surface area contributed by atoms with Gasteiger partial charge in [0, 0.05) is 12.7 Å². The van der Waals surface area contributed by atoms with Crippen LogP contribution in [0, 0.1) is 12.8 Å². The first-order valence-corrected chi connectivity index (χ1v) is 12.7. The third-order valence-corrected chi connectivity index (χ3v) is 6.83. The molecule has 0 aliphatic rings. The number of hydrogen-bond donors (Lipinski definition) is 1. The highest BCUT2D eigenvalue weighted by atomic mass is 32.2. The third kappa shape index (κ3) is 6.39. The monoisotopic (exact) mass is 472 g/mol. The Hall–Kier alpha value is -2.78. The fourth-order valence-corrected chi connectivity index (χ4v) is 4.79. The minimum absolute atomic E-state index is 0.109. The maximum atomic E-state index is 13.0. The van der Waals surface area contributed by atoms with E-state index in [4.69, 9.17) is 4.74 Å². The van der Waals surface area contributed by atoms with Crippen LogP contribution in [-0.4, -0.2) is 41.6 Å². The number of hydrogen-bond acceptors (Lipinski definition) is 6. The minimum atomic E-state index is -3.88. The van der Waals surface area contributed by atoms with E-state index in [0.717, 1.165) is 35.3 Å². The van der Waals surface area contributed by atoms with E-state index in [0.29, 0.717) is 19.6 Å². The van der Waals surface area contributed by atoms with Crippen LogP contribution < -0.4 is 4.72 Å². The van der Waals surface area contributed by atoms with Crippen LogP contribution in [0.5, 0.6) is 0 Å². The summed E-state index contributed by atoms with van der Waals surface area (Å²) in [5, 5.41) is 0. The van der Waals surface area contributed by atoms with Crippen molar-refractivity contribution in [3.8, 4) is 0 Å². The van der Waals surface area contributed by atoms with Crippen LogP contribution in [-0.2, 0) is 26.1 Å². The molecular formula is C24H32N4O4S.